The van der Waals surface area contributed by atoms with Gasteiger partial charge in [0.1, 0.15) is 0 Å². The molecule has 1 saturated carbocycles. The van der Waals surface area contributed by atoms with Crippen molar-refractivity contribution < 1.29 is 4.79 Å². The Morgan fingerprint density at radius 3 is 2.67 bits per heavy atom. The van der Waals surface area contributed by atoms with Gasteiger partial charge >= 0.3 is 0 Å². The quantitative estimate of drug-likeness (QED) is 0.636. The zero-order chi connectivity index (χ0) is 12.8. The van der Waals surface area contributed by atoms with Crippen molar-refractivity contribution in [3.05, 3.63) is 35.9 Å². The minimum Gasteiger partial charge on any atom is -0.287 e. The largest absolute Gasteiger partial charge is 0.287 e. The highest BCUT2D eigenvalue weighted by Crippen LogP contribution is 2.22. The van der Waals surface area contributed by atoms with Crippen LogP contribution in [0.1, 0.15) is 49.4 Å². The summed E-state index contributed by atoms with van der Waals surface area (Å²) in [5.41, 5.74) is 6.70. The number of rotatable bonds is 3. The van der Waals surface area contributed by atoms with Gasteiger partial charge in [0.05, 0.1) is 0 Å². The molecule has 98 valence electrons. The van der Waals surface area contributed by atoms with E-state index < -0.39 is 0 Å². The lowest BCUT2D eigenvalue weighted by Crippen LogP contribution is -2.44. The lowest BCUT2D eigenvalue weighted by Gasteiger charge is -2.17. The fourth-order valence-corrected chi connectivity index (χ4v) is 2.46. The summed E-state index contributed by atoms with van der Waals surface area (Å²) in [5.74, 6) is 0.773. The van der Waals surface area contributed by atoms with Crippen LogP contribution >= 0.6 is 0 Å². The van der Waals surface area contributed by atoms with Gasteiger partial charge in [-0.25, -0.2) is 5.43 Å². The fourth-order valence-electron chi connectivity index (χ4n) is 2.46. The number of hydrazine groups is 1. The first-order valence-electron chi connectivity index (χ1n) is 6.86. The van der Waals surface area contributed by atoms with Gasteiger partial charge in [-0.15, -0.1) is 0 Å². The first kappa shape index (κ1) is 13.1. The topological polar surface area (TPSA) is 41.1 Å². The fraction of sp³-hybridized carbons (Fsp3) is 0.533. The summed E-state index contributed by atoms with van der Waals surface area (Å²) in [7, 11) is 0. The average molecular weight is 246 g/mol. The summed E-state index contributed by atoms with van der Waals surface area (Å²) in [6.07, 6.45) is 6.11. The Morgan fingerprint density at radius 1 is 1.11 bits per heavy atom. The Bertz CT molecular complexity index is 377. The summed E-state index contributed by atoms with van der Waals surface area (Å²) >= 11 is 0. The smallest absolute Gasteiger partial charge is 0.265 e. The first-order chi connectivity index (χ1) is 8.75. The van der Waals surface area contributed by atoms with Crippen LogP contribution in [0.25, 0.3) is 0 Å². The van der Waals surface area contributed by atoms with Crippen molar-refractivity contribution in [1.82, 2.24) is 10.9 Å². The second-order valence-electron chi connectivity index (χ2n) is 5.27. The van der Waals surface area contributed by atoms with E-state index in [2.05, 4.69) is 17.8 Å². The van der Waals surface area contributed by atoms with Crippen LogP contribution in [-0.4, -0.2) is 11.9 Å². The second-order valence-corrected chi connectivity index (χ2v) is 5.27. The van der Waals surface area contributed by atoms with Crippen molar-refractivity contribution in [3.63, 3.8) is 0 Å². The number of carbonyl (C=O) groups is 1. The maximum absolute atomic E-state index is 11.9. The molecule has 0 aromatic heterocycles. The van der Waals surface area contributed by atoms with E-state index in [9.17, 15) is 4.79 Å². The summed E-state index contributed by atoms with van der Waals surface area (Å²) in [6.45, 7) is 2.31. The molecule has 18 heavy (non-hydrogen) atoms. The Balaban J connectivity index is 1.79. The molecule has 1 aromatic carbocycles. The van der Waals surface area contributed by atoms with Crippen molar-refractivity contribution in [2.45, 2.75) is 45.1 Å². The van der Waals surface area contributed by atoms with E-state index in [1.807, 2.05) is 30.3 Å². The zero-order valence-corrected chi connectivity index (χ0v) is 11.0. The van der Waals surface area contributed by atoms with E-state index in [0.29, 0.717) is 11.6 Å². The number of nitrogens with one attached hydrogen (secondary N) is 2. The van der Waals surface area contributed by atoms with Crippen molar-refractivity contribution in [1.29, 1.82) is 0 Å². The normalized spacial score (nSPS) is 24.3. The number of carbonyl (C=O) groups excluding carboxylic acids is 1. The third-order valence-corrected chi connectivity index (χ3v) is 3.68. The molecule has 2 N–H and O–H groups in total. The molecule has 2 rings (SSSR count). The van der Waals surface area contributed by atoms with Gasteiger partial charge in [0.2, 0.25) is 0 Å². The van der Waals surface area contributed by atoms with Gasteiger partial charge in [0.15, 0.2) is 0 Å². The molecule has 2 atom stereocenters. The van der Waals surface area contributed by atoms with E-state index >= 15 is 0 Å². The molecule has 1 fully saturated rings. The van der Waals surface area contributed by atoms with Crippen LogP contribution in [0, 0.1) is 5.92 Å². The van der Waals surface area contributed by atoms with E-state index in [-0.39, 0.29) is 5.91 Å². The maximum atomic E-state index is 11.9. The Morgan fingerprint density at radius 2 is 1.89 bits per heavy atom. The van der Waals surface area contributed by atoms with Gasteiger partial charge < -0.3 is 0 Å². The summed E-state index contributed by atoms with van der Waals surface area (Å²) in [6, 6.07) is 9.74. The summed E-state index contributed by atoms with van der Waals surface area (Å²) in [4.78, 5) is 11.9. The highest BCUT2D eigenvalue weighted by Gasteiger charge is 2.16. The predicted molar refractivity (Wildman–Crippen MR) is 73.1 cm³/mol. The number of hydrogen-bond acceptors (Lipinski definition) is 2. The SMILES string of the molecule is CC1CCCC(NNC(=O)c2ccccc2)CC1. The minimum atomic E-state index is -0.0482. The van der Waals surface area contributed by atoms with Crippen LogP contribution < -0.4 is 10.9 Å². The van der Waals surface area contributed by atoms with Gasteiger partial charge in [0, 0.05) is 11.6 Å². The molecule has 3 nitrogen and oxygen atoms in total. The van der Waals surface area contributed by atoms with Crippen LogP contribution in [-0.2, 0) is 0 Å². The average Bonchev–Trinajstić information content (AvgIpc) is 2.62. The summed E-state index contributed by atoms with van der Waals surface area (Å²) < 4.78 is 0. The van der Waals surface area contributed by atoms with Gasteiger partial charge in [-0.05, 0) is 37.3 Å². The van der Waals surface area contributed by atoms with Gasteiger partial charge in [-0.2, -0.15) is 0 Å². The molecule has 0 spiro atoms. The Kier molecular flexibility index (Phi) is 4.76. The van der Waals surface area contributed by atoms with E-state index in [1.165, 1.54) is 19.3 Å². The number of hydrogen-bond donors (Lipinski definition) is 2. The molecular weight excluding hydrogens is 224 g/mol. The highest BCUT2D eigenvalue weighted by atomic mass is 16.2. The zero-order valence-electron chi connectivity index (χ0n) is 11.0. The van der Waals surface area contributed by atoms with Gasteiger partial charge in [-0.1, -0.05) is 38.0 Å². The van der Waals surface area contributed by atoms with Crippen LogP contribution in [0.2, 0.25) is 0 Å². The third kappa shape index (κ3) is 3.84. The molecule has 1 aliphatic carbocycles. The standard InChI is InChI=1S/C15H22N2O/c1-12-6-5-9-14(11-10-12)16-17-15(18)13-7-3-2-4-8-13/h2-4,7-8,12,14,16H,5-6,9-11H2,1H3,(H,17,18). The van der Waals surface area contributed by atoms with Crippen LogP contribution in [0.3, 0.4) is 0 Å². The number of amides is 1. The van der Waals surface area contributed by atoms with Crippen LogP contribution in [0.15, 0.2) is 30.3 Å². The van der Waals surface area contributed by atoms with Crippen molar-refractivity contribution in [3.8, 4) is 0 Å². The molecule has 0 bridgehead atoms. The Hall–Kier alpha value is -1.35. The predicted octanol–water partition coefficient (Wildman–Crippen LogP) is 2.89. The highest BCUT2D eigenvalue weighted by molar-refractivity contribution is 5.93. The molecule has 0 radical (unpaired) electrons. The third-order valence-electron chi connectivity index (χ3n) is 3.68. The first-order valence-corrected chi connectivity index (χ1v) is 6.86. The molecule has 0 aliphatic heterocycles. The van der Waals surface area contributed by atoms with Crippen molar-refractivity contribution >= 4 is 5.91 Å². The monoisotopic (exact) mass is 246 g/mol. The molecule has 1 amide bonds. The van der Waals surface area contributed by atoms with E-state index in [1.54, 1.807) is 0 Å². The molecule has 3 heteroatoms. The molecule has 2 unspecified atom stereocenters. The second kappa shape index (κ2) is 6.55. The molecule has 0 saturated heterocycles. The van der Waals surface area contributed by atoms with E-state index in [4.69, 9.17) is 0 Å². The lowest BCUT2D eigenvalue weighted by atomic mass is 10.0. The minimum absolute atomic E-state index is 0.0482. The summed E-state index contributed by atoms with van der Waals surface area (Å²) in [5, 5.41) is 0. The maximum Gasteiger partial charge on any atom is 0.265 e. The molecule has 1 aromatic rings. The lowest BCUT2D eigenvalue weighted by molar-refractivity contribution is 0.0923. The van der Waals surface area contributed by atoms with E-state index in [0.717, 1.165) is 18.8 Å². The molecular formula is C15H22N2O. The molecule has 1 aliphatic rings. The Labute approximate surface area is 109 Å². The van der Waals surface area contributed by atoms with Gasteiger partial charge in [-0.3, -0.25) is 10.2 Å². The van der Waals surface area contributed by atoms with Crippen molar-refractivity contribution in [2.75, 3.05) is 0 Å². The van der Waals surface area contributed by atoms with Crippen molar-refractivity contribution in [2.24, 2.45) is 5.92 Å². The number of benzene rings is 1. The van der Waals surface area contributed by atoms with Gasteiger partial charge in [0.25, 0.3) is 5.91 Å². The van der Waals surface area contributed by atoms with Crippen LogP contribution in [0.4, 0.5) is 0 Å². The molecule has 0 heterocycles. The van der Waals surface area contributed by atoms with Crippen LogP contribution in [0.5, 0.6) is 0 Å².